The van der Waals surface area contributed by atoms with Gasteiger partial charge in [-0.1, -0.05) is 70.8 Å². The summed E-state index contributed by atoms with van der Waals surface area (Å²) in [6, 6.07) is 16.7. The van der Waals surface area contributed by atoms with Crippen molar-refractivity contribution in [3.63, 3.8) is 0 Å². The molecule has 2 atom stereocenters. The first-order valence-electron chi connectivity index (χ1n) is 9.72. The predicted molar refractivity (Wildman–Crippen MR) is 114 cm³/mol. The Morgan fingerprint density at radius 1 is 1.07 bits per heavy atom. The van der Waals surface area contributed by atoms with Gasteiger partial charge in [0.15, 0.2) is 0 Å². The van der Waals surface area contributed by atoms with E-state index in [9.17, 15) is 0 Å². The Kier molecular flexibility index (Phi) is 6.23. The maximum absolute atomic E-state index is 5.84. The van der Waals surface area contributed by atoms with Crippen LogP contribution in [0.1, 0.15) is 41.9 Å². The lowest BCUT2D eigenvalue weighted by atomic mass is 9.89. The van der Waals surface area contributed by atoms with Crippen LogP contribution in [0.3, 0.4) is 0 Å². The molecule has 1 fully saturated rings. The fraction of sp³-hybridized carbons (Fsp3) is 0.348. The van der Waals surface area contributed by atoms with E-state index in [2.05, 4.69) is 41.6 Å². The van der Waals surface area contributed by atoms with Crippen LogP contribution in [0.2, 0.25) is 0 Å². The smallest absolute Gasteiger partial charge is 0.123 e. The quantitative estimate of drug-likeness (QED) is 0.500. The Morgan fingerprint density at radius 3 is 2.75 bits per heavy atom. The monoisotopic (exact) mass is 415 g/mol. The molecule has 1 saturated carbocycles. The minimum atomic E-state index is 0.217. The predicted octanol–water partition coefficient (Wildman–Crippen LogP) is 6.25. The van der Waals surface area contributed by atoms with Gasteiger partial charge in [0, 0.05) is 17.0 Å². The SMILES string of the molecule is ClC(Cl)=CCOc1cccc2c1CCC/C2=N\OCC1CC1c1ccccc1. The molecule has 2 unspecified atom stereocenters. The van der Waals surface area contributed by atoms with E-state index in [4.69, 9.17) is 32.8 Å². The topological polar surface area (TPSA) is 30.8 Å². The van der Waals surface area contributed by atoms with Gasteiger partial charge in [0.05, 0.1) is 5.71 Å². The second kappa shape index (κ2) is 9.02. The zero-order chi connectivity index (χ0) is 19.3. The molecular weight excluding hydrogens is 393 g/mol. The molecule has 28 heavy (non-hydrogen) atoms. The van der Waals surface area contributed by atoms with Crippen LogP contribution in [0.25, 0.3) is 0 Å². The third-order valence-electron chi connectivity index (χ3n) is 5.37. The zero-order valence-electron chi connectivity index (χ0n) is 15.6. The summed E-state index contributed by atoms with van der Waals surface area (Å²) in [7, 11) is 0. The normalized spacial score (nSPS) is 21.7. The molecule has 0 bridgehead atoms. The largest absolute Gasteiger partial charge is 0.489 e. The number of oxime groups is 1. The minimum Gasteiger partial charge on any atom is -0.489 e. The summed E-state index contributed by atoms with van der Waals surface area (Å²) in [6.07, 6.45) is 5.76. The molecule has 2 aromatic carbocycles. The van der Waals surface area contributed by atoms with Gasteiger partial charge in [0.2, 0.25) is 0 Å². The molecule has 146 valence electrons. The highest BCUT2D eigenvalue weighted by molar-refractivity contribution is 6.55. The van der Waals surface area contributed by atoms with Gasteiger partial charge in [-0.25, -0.2) is 0 Å². The number of ether oxygens (including phenoxy) is 1. The maximum atomic E-state index is 5.84. The van der Waals surface area contributed by atoms with E-state index >= 15 is 0 Å². The van der Waals surface area contributed by atoms with Gasteiger partial charge in [0.25, 0.3) is 0 Å². The number of nitrogens with zero attached hydrogens (tertiary/aromatic N) is 1. The van der Waals surface area contributed by atoms with Crippen molar-refractivity contribution in [2.75, 3.05) is 13.2 Å². The van der Waals surface area contributed by atoms with Crippen molar-refractivity contribution in [1.29, 1.82) is 0 Å². The van der Waals surface area contributed by atoms with Crippen LogP contribution in [-0.4, -0.2) is 18.9 Å². The number of benzene rings is 2. The molecule has 2 aliphatic rings. The van der Waals surface area contributed by atoms with Crippen molar-refractivity contribution in [2.24, 2.45) is 11.1 Å². The molecule has 2 aromatic rings. The van der Waals surface area contributed by atoms with E-state index in [1.165, 1.54) is 17.5 Å². The third kappa shape index (κ3) is 4.71. The molecule has 0 aromatic heterocycles. The minimum absolute atomic E-state index is 0.217. The van der Waals surface area contributed by atoms with Gasteiger partial charge in [0.1, 0.15) is 23.5 Å². The Hall–Kier alpha value is -1.97. The first-order valence-corrected chi connectivity index (χ1v) is 10.5. The van der Waals surface area contributed by atoms with E-state index < -0.39 is 0 Å². The lowest BCUT2D eigenvalue weighted by Gasteiger charge is -2.20. The van der Waals surface area contributed by atoms with Gasteiger partial charge in [-0.15, -0.1) is 0 Å². The van der Waals surface area contributed by atoms with Crippen LogP contribution in [0.15, 0.2) is 64.3 Å². The van der Waals surface area contributed by atoms with Crippen molar-refractivity contribution < 1.29 is 9.57 Å². The highest BCUT2D eigenvalue weighted by atomic mass is 35.5. The van der Waals surface area contributed by atoms with Crippen molar-refractivity contribution in [2.45, 2.75) is 31.6 Å². The molecule has 0 amide bonds. The van der Waals surface area contributed by atoms with Crippen molar-refractivity contribution >= 4 is 28.9 Å². The van der Waals surface area contributed by atoms with Gasteiger partial charge >= 0.3 is 0 Å². The molecule has 0 saturated heterocycles. The summed E-state index contributed by atoms with van der Waals surface area (Å²) in [6.45, 7) is 1.03. The average molecular weight is 416 g/mol. The second-order valence-corrected chi connectivity index (χ2v) is 8.30. The molecule has 5 heteroatoms. The van der Waals surface area contributed by atoms with Crippen LogP contribution in [0.5, 0.6) is 5.75 Å². The van der Waals surface area contributed by atoms with Gasteiger partial charge in [-0.3, -0.25) is 0 Å². The Labute approximate surface area is 175 Å². The van der Waals surface area contributed by atoms with Crippen LogP contribution >= 0.6 is 23.2 Å². The molecule has 3 nitrogen and oxygen atoms in total. The van der Waals surface area contributed by atoms with E-state index in [1.807, 2.05) is 12.1 Å². The lowest BCUT2D eigenvalue weighted by Crippen LogP contribution is -2.14. The van der Waals surface area contributed by atoms with Crippen LogP contribution in [0, 0.1) is 5.92 Å². The summed E-state index contributed by atoms with van der Waals surface area (Å²) in [5, 5.41) is 4.49. The standard InChI is InChI=1S/C23H23Cl2NO2/c24-23(25)12-13-27-22-11-5-8-18-19(22)9-4-10-21(18)26-28-15-17-14-20(17)16-6-2-1-3-7-16/h1-3,5-8,11-12,17,20H,4,9-10,13-15H2/b26-21+. The van der Waals surface area contributed by atoms with Crippen molar-refractivity contribution in [3.8, 4) is 5.75 Å². The van der Waals surface area contributed by atoms with E-state index in [0.29, 0.717) is 25.0 Å². The second-order valence-electron chi connectivity index (χ2n) is 7.29. The van der Waals surface area contributed by atoms with Gasteiger partial charge in [-0.05, 0) is 49.3 Å². The van der Waals surface area contributed by atoms with Gasteiger partial charge in [-0.2, -0.15) is 0 Å². The molecule has 2 aliphatic carbocycles. The summed E-state index contributed by atoms with van der Waals surface area (Å²) in [5.41, 5.74) is 4.72. The fourth-order valence-electron chi connectivity index (χ4n) is 3.84. The summed E-state index contributed by atoms with van der Waals surface area (Å²) in [5.74, 6) is 2.04. The summed E-state index contributed by atoms with van der Waals surface area (Å²) in [4.78, 5) is 5.76. The molecule has 0 radical (unpaired) electrons. The molecule has 0 N–H and O–H groups in total. The number of halogens is 2. The Morgan fingerprint density at radius 2 is 1.93 bits per heavy atom. The number of fused-ring (bicyclic) bond motifs is 1. The maximum Gasteiger partial charge on any atom is 0.123 e. The number of hydrogen-bond acceptors (Lipinski definition) is 3. The van der Waals surface area contributed by atoms with Crippen molar-refractivity contribution in [1.82, 2.24) is 0 Å². The highest BCUT2D eigenvalue weighted by Crippen LogP contribution is 2.47. The van der Waals surface area contributed by atoms with Crippen LogP contribution in [0.4, 0.5) is 0 Å². The van der Waals surface area contributed by atoms with Gasteiger partial charge < -0.3 is 9.57 Å². The summed E-state index contributed by atoms with van der Waals surface area (Å²) >= 11 is 11.3. The lowest BCUT2D eigenvalue weighted by molar-refractivity contribution is 0.132. The number of rotatable bonds is 7. The van der Waals surface area contributed by atoms with E-state index in [-0.39, 0.29) is 4.49 Å². The van der Waals surface area contributed by atoms with Crippen molar-refractivity contribution in [3.05, 3.63) is 75.8 Å². The zero-order valence-corrected chi connectivity index (χ0v) is 17.1. The molecule has 0 spiro atoms. The number of hydrogen-bond donors (Lipinski definition) is 0. The van der Waals surface area contributed by atoms with E-state index in [0.717, 1.165) is 36.3 Å². The summed E-state index contributed by atoms with van der Waals surface area (Å²) < 4.78 is 6.06. The molecule has 4 rings (SSSR count). The highest BCUT2D eigenvalue weighted by Gasteiger charge is 2.38. The molecule has 0 heterocycles. The fourth-order valence-corrected chi connectivity index (χ4v) is 3.96. The first-order chi connectivity index (χ1) is 13.7. The Bertz CT molecular complexity index is 875. The van der Waals surface area contributed by atoms with E-state index in [1.54, 1.807) is 6.08 Å². The Balaban J connectivity index is 1.38. The molecular formula is C23H23Cl2NO2. The van der Waals surface area contributed by atoms with Crippen LogP contribution in [-0.2, 0) is 11.3 Å². The molecule has 0 aliphatic heterocycles. The third-order valence-corrected chi connectivity index (χ3v) is 5.68. The first kappa shape index (κ1) is 19.4. The average Bonchev–Trinajstić information content (AvgIpc) is 3.48. The van der Waals surface area contributed by atoms with Crippen LogP contribution < -0.4 is 4.74 Å².